The highest BCUT2D eigenvalue weighted by Gasteiger charge is 2.16. The molecule has 0 bridgehead atoms. The first-order valence-corrected chi connectivity index (χ1v) is 6.98. The summed E-state index contributed by atoms with van der Waals surface area (Å²) in [5.41, 5.74) is 4.46. The summed E-state index contributed by atoms with van der Waals surface area (Å²) in [6.45, 7) is 14.6. The minimum absolute atomic E-state index is 0.217. The molecule has 1 aromatic heterocycles. The van der Waals surface area contributed by atoms with Gasteiger partial charge in [-0.1, -0.05) is 46.8 Å². The predicted molar refractivity (Wildman–Crippen MR) is 80.4 cm³/mol. The Morgan fingerprint density at radius 1 is 1.11 bits per heavy atom. The van der Waals surface area contributed by atoms with E-state index in [-0.39, 0.29) is 5.41 Å². The topological polar surface area (TPSA) is 4.93 Å². The van der Waals surface area contributed by atoms with Crippen molar-refractivity contribution in [3.63, 3.8) is 0 Å². The molecule has 0 aliphatic heterocycles. The summed E-state index contributed by atoms with van der Waals surface area (Å²) in [6.07, 6.45) is 0. The fourth-order valence-corrected chi connectivity index (χ4v) is 2.57. The molecule has 2 rings (SSSR count). The Morgan fingerprint density at radius 2 is 1.78 bits per heavy atom. The Hall–Kier alpha value is -1.24. The predicted octanol–water partition coefficient (Wildman–Crippen LogP) is 5.08. The summed E-state index contributed by atoms with van der Waals surface area (Å²) < 4.78 is 2.45. The highest BCUT2D eigenvalue weighted by Crippen LogP contribution is 2.30. The molecular formula is C17H25N. The molecule has 0 radical (unpaired) electrons. The molecule has 0 fully saturated rings. The van der Waals surface area contributed by atoms with Gasteiger partial charge in [-0.2, -0.15) is 0 Å². The Morgan fingerprint density at radius 3 is 2.28 bits per heavy atom. The number of benzene rings is 1. The van der Waals surface area contributed by atoms with Crippen molar-refractivity contribution in [1.82, 2.24) is 4.57 Å². The molecule has 0 unspecified atom stereocenters. The van der Waals surface area contributed by atoms with Crippen molar-refractivity contribution < 1.29 is 0 Å². The fourth-order valence-electron chi connectivity index (χ4n) is 2.57. The van der Waals surface area contributed by atoms with E-state index in [1.54, 1.807) is 0 Å². The van der Waals surface area contributed by atoms with Crippen LogP contribution in [0.2, 0.25) is 0 Å². The van der Waals surface area contributed by atoms with Crippen molar-refractivity contribution in [2.24, 2.45) is 0 Å². The summed E-state index contributed by atoms with van der Waals surface area (Å²) in [5, 5.41) is 1.37. The smallest absolute Gasteiger partial charge is 0.0485 e. The van der Waals surface area contributed by atoms with Crippen molar-refractivity contribution in [3.8, 4) is 0 Å². The molecule has 0 saturated carbocycles. The number of rotatable bonds is 2. The van der Waals surface area contributed by atoms with Gasteiger partial charge in [0.05, 0.1) is 0 Å². The molecule has 0 saturated heterocycles. The second-order valence-electron chi connectivity index (χ2n) is 6.49. The summed E-state index contributed by atoms with van der Waals surface area (Å²) in [5.74, 6) is 0.579. The fraction of sp³-hybridized carbons (Fsp3) is 0.529. The molecule has 0 N–H and O–H groups in total. The van der Waals surface area contributed by atoms with E-state index in [2.05, 4.69) is 70.4 Å². The van der Waals surface area contributed by atoms with Gasteiger partial charge in [0.15, 0.2) is 0 Å². The van der Waals surface area contributed by atoms with E-state index in [0.717, 1.165) is 6.54 Å². The van der Waals surface area contributed by atoms with E-state index >= 15 is 0 Å². The van der Waals surface area contributed by atoms with Gasteiger partial charge in [-0.25, -0.2) is 0 Å². The first-order chi connectivity index (χ1) is 8.34. The molecule has 0 spiro atoms. The van der Waals surface area contributed by atoms with Crippen LogP contribution in [0.5, 0.6) is 0 Å². The molecule has 1 aromatic carbocycles. The lowest BCUT2D eigenvalue weighted by Crippen LogP contribution is -2.11. The lowest BCUT2D eigenvalue weighted by molar-refractivity contribution is 0.590. The number of aromatic nitrogens is 1. The summed E-state index contributed by atoms with van der Waals surface area (Å²) in [4.78, 5) is 0. The van der Waals surface area contributed by atoms with E-state index in [4.69, 9.17) is 0 Å². The molecule has 2 aromatic rings. The van der Waals surface area contributed by atoms with Crippen LogP contribution in [-0.2, 0) is 12.0 Å². The van der Waals surface area contributed by atoms with Crippen LogP contribution in [0.3, 0.4) is 0 Å². The zero-order valence-corrected chi connectivity index (χ0v) is 12.5. The van der Waals surface area contributed by atoms with Crippen molar-refractivity contribution in [1.29, 1.82) is 0 Å². The molecule has 0 atom stereocenters. The highest BCUT2D eigenvalue weighted by molar-refractivity contribution is 5.82. The summed E-state index contributed by atoms with van der Waals surface area (Å²) >= 11 is 0. The van der Waals surface area contributed by atoms with Crippen LogP contribution in [0.25, 0.3) is 10.9 Å². The lowest BCUT2D eigenvalue weighted by atomic mass is 9.87. The zero-order chi connectivity index (χ0) is 13.5. The number of hydrogen-bond donors (Lipinski definition) is 0. The second-order valence-corrected chi connectivity index (χ2v) is 6.49. The summed E-state index contributed by atoms with van der Waals surface area (Å²) in [7, 11) is 0. The SMILES string of the molecule is CCn1c(C(C)C)cc2ccc(C(C)(C)C)cc21. The Labute approximate surface area is 111 Å². The third-order valence-corrected chi connectivity index (χ3v) is 3.71. The third-order valence-electron chi connectivity index (χ3n) is 3.71. The largest absolute Gasteiger partial charge is 0.345 e. The molecule has 1 heterocycles. The molecule has 0 aliphatic carbocycles. The highest BCUT2D eigenvalue weighted by atomic mass is 15.0. The zero-order valence-electron chi connectivity index (χ0n) is 12.5. The first-order valence-electron chi connectivity index (χ1n) is 6.98. The monoisotopic (exact) mass is 243 g/mol. The van der Waals surface area contributed by atoms with Crippen molar-refractivity contribution >= 4 is 10.9 Å². The van der Waals surface area contributed by atoms with E-state index < -0.39 is 0 Å². The molecule has 0 aliphatic rings. The maximum atomic E-state index is 2.45. The first kappa shape index (κ1) is 13.2. The maximum absolute atomic E-state index is 2.45. The van der Waals surface area contributed by atoms with Crippen LogP contribution < -0.4 is 0 Å². The maximum Gasteiger partial charge on any atom is 0.0485 e. The van der Waals surface area contributed by atoms with Crippen LogP contribution in [0.4, 0.5) is 0 Å². The van der Waals surface area contributed by atoms with E-state index in [0.29, 0.717) is 5.92 Å². The Balaban J connectivity index is 2.68. The van der Waals surface area contributed by atoms with Gasteiger partial charge in [0.2, 0.25) is 0 Å². The van der Waals surface area contributed by atoms with Gasteiger partial charge in [0, 0.05) is 17.8 Å². The van der Waals surface area contributed by atoms with Gasteiger partial charge in [0.1, 0.15) is 0 Å². The van der Waals surface area contributed by atoms with Crippen molar-refractivity contribution in [3.05, 3.63) is 35.5 Å². The number of nitrogens with zero attached hydrogens (tertiary/aromatic N) is 1. The minimum atomic E-state index is 0.217. The van der Waals surface area contributed by atoms with Crippen LogP contribution >= 0.6 is 0 Å². The lowest BCUT2D eigenvalue weighted by Gasteiger charge is -2.19. The van der Waals surface area contributed by atoms with Gasteiger partial charge >= 0.3 is 0 Å². The molecule has 1 heteroatoms. The number of hydrogen-bond acceptors (Lipinski definition) is 0. The quantitative estimate of drug-likeness (QED) is 0.693. The average Bonchev–Trinajstić information content (AvgIpc) is 2.65. The van der Waals surface area contributed by atoms with Gasteiger partial charge < -0.3 is 4.57 Å². The Kier molecular flexibility index (Phi) is 3.27. The third kappa shape index (κ3) is 2.19. The van der Waals surface area contributed by atoms with E-state index in [1.807, 2.05) is 0 Å². The van der Waals surface area contributed by atoms with Gasteiger partial charge in [-0.05, 0) is 41.3 Å². The Bertz CT molecular complexity index is 553. The van der Waals surface area contributed by atoms with Crippen LogP contribution in [0.1, 0.15) is 58.7 Å². The van der Waals surface area contributed by atoms with E-state index in [9.17, 15) is 0 Å². The van der Waals surface area contributed by atoms with Crippen molar-refractivity contribution in [2.45, 2.75) is 59.4 Å². The van der Waals surface area contributed by atoms with Crippen LogP contribution in [0.15, 0.2) is 24.3 Å². The molecule has 0 amide bonds. The second kappa shape index (κ2) is 4.46. The normalized spacial score (nSPS) is 12.6. The molecule has 1 nitrogen and oxygen atoms in total. The average molecular weight is 243 g/mol. The van der Waals surface area contributed by atoms with Gasteiger partial charge in [-0.3, -0.25) is 0 Å². The summed E-state index contributed by atoms with van der Waals surface area (Å²) in [6, 6.07) is 9.25. The van der Waals surface area contributed by atoms with E-state index in [1.165, 1.54) is 22.2 Å². The van der Waals surface area contributed by atoms with Crippen molar-refractivity contribution in [2.75, 3.05) is 0 Å². The van der Waals surface area contributed by atoms with Gasteiger partial charge in [-0.15, -0.1) is 0 Å². The van der Waals surface area contributed by atoms with Crippen LogP contribution in [0, 0.1) is 0 Å². The molecule has 98 valence electrons. The standard InChI is InChI=1S/C17H25N/c1-7-18-15(12(2)3)10-13-8-9-14(11-16(13)18)17(4,5)6/h8-12H,7H2,1-6H3. The molecular weight excluding hydrogens is 218 g/mol. The van der Waals surface area contributed by atoms with Crippen LogP contribution in [-0.4, -0.2) is 4.57 Å². The number of aryl methyl sites for hydroxylation is 1. The van der Waals surface area contributed by atoms with Gasteiger partial charge in [0.25, 0.3) is 0 Å². The molecule has 18 heavy (non-hydrogen) atoms. The number of fused-ring (bicyclic) bond motifs is 1. The minimum Gasteiger partial charge on any atom is -0.345 e.